The highest BCUT2D eigenvalue weighted by Gasteiger charge is 2.05. The van der Waals surface area contributed by atoms with Gasteiger partial charge in [0.05, 0.1) is 0 Å². The van der Waals surface area contributed by atoms with Gasteiger partial charge in [-0.15, -0.1) is 0 Å². The van der Waals surface area contributed by atoms with Gasteiger partial charge in [-0.05, 0) is 42.1 Å². The van der Waals surface area contributed by atoms with Crippen LogP contribution in [-0.4, -0.2) is 6.54 Å². The summed E-state index contributed by atoms with van der Waals surface area (Å²) in [7, 11) is 0. The molecule has 0 amide bonds. The highest BCUT2D eigenvalue weighted by Crippen LogP contribution is 2.25. The van der Waals surface area contributed by atoms with Crippen molar-refractivity contribution in [2.45, 2.75) is 33.7 Å². The van der Waals surface area contributed by atoms with E-state index >= 15 is 0 Å². The van der Waals surface area contributed by atoms with Crippen LogP contribution in [0.5, 0.6) is 0 Å². The number of hydrogen-bond acceptors (Lipinski definition) is 1. The summed E-state index contributed by atoms with van der Waals surface area (Å²) in [6, 6.07) is 15.7. The summed E-state index contributed by atoms with van der Waals surface area (Å²) in [5.41, 5.74) is 6.74. The van der Waals surface area contributed by atoms with Crippen LogP contribution in [0.1, 0.15) is 30.5 Å². The van der Waals surface area contributed by atoms with E-state index in [4.69, 9.17) is 0 Å². The van der Waals surface area contributed by atoms with Crippen molar-refractivity contribution in [2.24, 2.45) is 0 Å². The number of nitrogens with one attached hydrogen (secondary N) is 1. The SMILES string of the molecule is CCNCc1ccc(C)cc1-c1ccc(CC)cc1. The number of hydrogen-bond donors (Lipinski definition) is 1. The summed E-state index contributed by atoms with van der Waals surface area (Å²) in [6.45, 7) is 8.42. The van der Waals surface area contributed by atoms with Gasteiger partial charge < -0.3 is 5.32 Å². The van der Waals surface area contributed by atoms with Crippen molar-refractivity contribution in [1.82, 2.24) is 5.32 Å². The maximum atomic E-state index is 3.42. The van der Waals surface area contributed by atoms with Gasteiger partial charge in [0, 0.05) is 6.54 Å². The van der Waals surface area contributed by atoms with E-state index < -0.39 is 0 Å². The molecule has 2 aromatic rings. The lowest BCUT2D eigenvalue weighted by atomic mass is 9.96. The van der Waals surface area contributed by atoms with Crippen molar-refractivity contribution in [2.75, 3.05) is 6.54 Å². The maximum Gasteiger partial charge on any atom is 0.0211 e. The average Bonchev–Trinajstić information content (AvgIpc) is 2.46. The van der Waals surface area contributed by atoms with E-state index in [2.05, 4.69) is 68.6 Å². The van der Waals surface area contributed by atoms with Gasteiger partial charge in [0.2, 0.25) is 0 Å². The molecule has 0 saturated heterocycles. The molecule has 19 heavy (non-hydrogen) atoms. The zero-order chi connectivity index (χ0) is 13.7. The van der Waals surface area contributed by atoms with Gasteiger partial charge in [0.15, 0.2) is 0 Å². The van der Waals surface area contributed by atoms with E-state index in [1.807, 2.05) is 0 Å². The molecular formula is C18H23N. The van der Waals surface area contributed by atoms with Gasteiger partial charge >= 0.3 is 0 Å². The molecule has 0 saturated carbocycles. The minimum Gasteiger partial charge on any atom is -0.313 e. The van der Waals surface area contributed by atoms with Crippen LogP contribution in [0, 0.1) is 6.92 Å². The first-order chi connectivity index (χ1) is 9.24. The molecule has 0 aliphatic rings. The molecule has 2 rings (SSSR count). The molecule has 1 heteroatoms. The predicted octanol–water partition coefficient (Wildman–Crippen LogP) is 4.33. The fourth-order valence-electron chi connectivity index (χ4n) is 2.29. The largest absolute Gasteiger partial charge is 0.313 e. The van der Waals surface area contributed by atoms with E-state index in [0.29, 0.717) is 0 Å². The van der Waals surface area contributed by atoms with E-state index in [9.17, 15) is 0 Å². The van der Waals surface area contributed by atoms with Crippen LogP contribution >= 0.6 is 0 Å². The van der Waals surface area contributed by atoms with E-state index in [-0.39, 0.29) is 0 Å². The van der Waals surface area contributed by atoms with Crippen molar-refractivity contribution in [3.63, 3.8) is 0 Å². The molecule has 0 bridgehead atoms. The van der Waals surface area contributed by atoms with Crippen LogP contribution in [0.2, 0.25) is 0 Å². The second-order valence-electron chi connectivity index (χ2n) is 4.99. The molecule has 1 N–H and O–H groups in total. The van der Waals surface area contributed by atoms with Gasteiger partial charge in [0.25, 0.3) is 0 Å². The Bertz CT molecular complexity index is 526. The fourth-order valence-corrected chi connectivity index (χ4v) is 2.29. The van der Waals surface area contributed by atoms with Crippen molar-refractivity contribution < 1.29 is 0 Å². The fraction of sp³-hybridized carbons (Fsp3) is 0.333. The summed E-state index contributed by atoms with van der Waals surface area (Å²) in [4.78, 5) is 0. The average molecular weight is 253 g/mol. The predicted molar refractivity (Wildman–Crippen MR) is 83.4 cm³/mol. The third-order valence-electron chi connectivity index (χ3n) is 3.50. The monoisotopic (exact) mass is 253 g/mol. The van der Waals surface area contributed by atoms with Crippen molar-refractivity contribution in [3.8, 4) is 11.1 Å². The second kappa shape index (κ2) is 6.53. The van der Waals surface area contributed by atoms with Crippen molar-refractivity contribution >= 4 is 0 Å². The van der Waals surface area contributed by atoms with E-state index in [0.717, 1.165) is 19.5 Å². The molecule has 0 spiro atoms. The summed E-state index contributed by atoms with van der Waals surface area (Å²) >= 11 is 0. The quantitative estimate of drug-likeness (QED) is 0.836. The van der Waals surface area contributed by atoms with Gasteiger partial charge in [-0.2, -0.15) is 0 Å². The zero-order valence-electron chi connectivity index (χ0n) is 12.2. The Morgan fingerprint density at radius 1 is 0.947 bits per heavy atom. The van der Waals surface area contributed by atoms with Crippen LogP contribution < -0.4 is 5.32 Å². The molecule has 1 nitrogen and oxygen atoms in total. The second-order valence-corrected chi connectivity index (χ2v) is 4.99. The lowest BCUT2D eigenvalue weighted by Gasteiger charge is -2.12. The Morgan fingerprint density at radius 2 is 1.68 bits per heavy atom. The summed E-state index contributed by atoms with van der Waals surface area (Å²) in [6.07, 6.45) is 1.10. The Morgan fingerprint density at radius 3 is 2.32 bits per heavy atom. The normalized spacial score (nSPS) is 10.7. The topological polar surface area (TPSA) is 12.0 Å². The number of aryl methyl sites for hydroxylation is 2. The highest BCUT2D eigenvalue weighted by molar-refractivity contribution is 5.68. The van der Waals surface area contributed by atoms with Gasteiger partial charge in [-0.1, -0.05) is 61.9 Å². The van der Waals surface area contributed by atoms with Gasteiger partial charge in [-0.3, -0.25) is 0 Å². The standard InChI is InChI=1S/C18H23N/c1-4-15-7-10-16(11-8-15)18-12-14(3)6-9-17(18)13-19-5-2/h6-12,19H,4-5,13H2,1-3H3. The third-order valence-corrected chi connectivity index (χ3v) is 3.50. The first-order valence-electron chi connectivity index (χ1n) is 7.14. The molecule has 2 aromatic carbocycles. The molecule has 0 atom stereocenters. The summed E-state index contributed by atoms with van der Waals surface area (Å²) in [5, 5.41) is 3.42. The third kappa shape index (κ3) is 3.45. The Labute approximate surface area is 116 Å². The molecule has 0 aromatic heterocycles. The number of rotatable bonds is 5. The van der Waals surface area contributed by atoms with Crippen LogP contribution in [0.25, 0.3) is 11.1 Å². The maximum absolute atomic E-state index is 3.42. The van der Waals surface area contributed by atoms with Crippen LogP contribution in [0.15, 0.2) is 42.5 Å². The number of benzene rings is 2. The van der Waals surface area contributed by atoms with E-state index in [1.54, 1.807) is 0 Å². The molecule has 0 heterocycles. The van der Waals surface area contributed by atoms with E-state index in [1.165, 1.54) is 27.8 Å². The molecular weight excluding hydrogens is 230 g/mol. The Hall–Kier alpha value is -1.60. The van der Waals surface area contributed by atoms with Gasteiger partial charge in [-0.25, -0.2) is 0 Å². The molecule has 0 unspecified atom stereocenters. The zero-order valence-corrected chi connectivity index (χ0v) is 12.2. The molecule has 100 valence electrons. The van der Waals surface area contributed by atoms with Crippen molar-refractivity contribution in [1.29, 1.82) is 0 Å². The van der Waals surface area contributed by atoms with Crippen molar-refractivity contribution in [3.05, 3.63) is 59.2 Å². The summed E-state index contributed by atoms with van der Waals surface area (Å²) < 4.78 is 0. The first kappa shape index (κ1) is 13.8. The molecule has 0 aliphatic carbocycles. The Kier molecular flexibility index (Phi) is 4.75. The minimum atomic E-state index is 0.932. The summed E-state index contributed by atoms with van der Waals surface area (Å²) in [5.74, 6) is 0. The van der Waals surface area contributed by atoms with Crippen LogP contribution in [0.4, 0.5) is 0 Å². The minimum absolute atomic E-state index is 0.932. The molecule has 0 aliphatic heterocycles. The van der Waals surface area contributed by atoms with Crippen LogP contribution in [-0.2, 0) is 13.0 Å². The van der Waals surface area contributed by atoms with Gasteiger partial charge in [0.1, 0.15) is 0 Å². The smallest absolute Gasteiger partial charge is 0.0211 e. The molecule has 0 fully saturated rings. The Balaban J connectivity index is 2.37. The lowest BCUT2D eigenvalue weighted by molar-refractivity contribution is 0.728. The first-order valence-corrected chi connectivity index (χ1v) is 7.14. The highest BCUT2D eigenvalue weighted by atomic mass is 14.8. The lowest BCUT2D eigenvalue weighted by Crippen LogP contribution is -2.12. The van der Waals surface area contributed by atoms with Crippen LogP contribution in [0.3, 0.4) is 0 Å². The molecule has 0 radical (unpaired) electrons.